The van der Waals surface area contributed by atoms with Gasteiger partial charge in [0.25, 0.3) is 5.91 Å². The SMILES string of the molecule is COC1(C(=O)NCc2ccccc2-c2ccc(Cl)cc2Cl)CCNCC1. The van der Waals surface area contributed by atoms with Gasteiger partial charge < -0.3 is 15.4 Å². The molecule has 0 aromatic heterocycles. The van der Waals surface area contributed by atoms with Crippen LogP contribution in [0.5, 0.6) is 0 Å². The van der Waals surface area contributed by atoms with Crippen molar-refractivity contribution in [2.45, 2.75) is 25.0 Å². The summed E-state index contributed by atoms with van der Waals surface area (Å²) in [6, 6.07) is 13.3. The first-order valence-corrected chi connectivity index (χ1v) is 9.39. The van der Waals surface area contributed by atoms with Crippen LogP contribution in [0.25, 0.3) is 11.1 Å². The lowest BCUT2D eigenvalue weighted by Crippen LogP contribution is -2.53. The molecule has 2 aromatic carbocycles. The van der Waals surface area contributed by atoms with Gasteiger partial charge in [-0.2, -0.15) is 0 Å². The maximum Gasteiger partial charge on any atom is 0.252 e. The van der Waals surface area contributed by atoms with Crippen molar-refractivity contribution >= 4 is 29.1 Å². The van der Waals surface area contributed by atoms with Gasteiger partial charge in [-0.15, -0.1) is 0 Å². The Morgan fingerprint density at radius 3 is 2.58 bits per heavy atom. The number of rotatable bonds is 5. The Hall–Kier alpha value is -1.59. The fraction of sp³-hybridized carbons (Fsp3) is 0.350. The van der Waals surface area contributed by atoms with E-state index < -0.39 is 5.60 Å². The van der Waals surface area contributed by atoms with Gasteiger partial charge in [-0.3, -0.25) is 4.79 Å². The van der Waals surface area contributed by atoms with Crippen LogP contribution in [0.3, 0.4) is 0 Å². The highest BCUT2D eigenvalue weighted by Crippen LogP contribution is 2.32. The predicted molar refractivity (Wildman–Crippen MR) is 106 cm³/mol. The van der Waals surface area contributed by atoms with Gasteiger partial charge in [0.05, 0.1) is 0 Å². The summed E-state index contributed by atoms with van der Waals surface area (Å²) in [5.74, 6) is -0.0708. The van der Waals surface area contributed by atoms with Crippen LogP contribution in [0.4, 0.5) is 0 Å². The zero-order valence-corrected chi connectivity index (χ0v) is 16.2. The summed E-state index contributed by atoms with van der Waals surface area (Å²) in [6.45, 7) is 1.96. The van der Waals surface area contributed by atoms with Crippen molar-refractivity contribution in [3.63, 3.8) is 0 Å². The number of hydrogen-bond donors (Lipinski definition) is 2. The van der Waals surface area contributed by atoms with Crippen LogP contribution in [-0.4, -0.2) is 31.7 Å². The third-order valence-electron chi connectivity index (χ3n) is 4.89. The Bertz CT molecular complexity index is 789. The van der Waals surface area contributed by atoms with Crippen molar-refractivity contribution in [3.8, 4) is 11.1 Å². The van der Waals surface area contributed by atoms with Crippen molar-refractivity contribution in [2.24, 2.45) is 0 Å². The number of carbonyl (C=O) groups excluding carboxylic acids is 1. The molecule has 1 aliphatic heterocycles. The number of amides is 1. The molecule has 1 amide bonds. The Kier molecular flexibility index (Phi) is 6.20. The normalized spacial score (nSPS) is 16.3. The Balaban J connectivity index is 1.79. The van der Waals surface area contributed by atoms with E-state index in [9.17, 15) is 4.79 Å². The second-order valence-corrected chi connectivity index (χ2v) is 7.26. The minimum Gasteiger partial charge on any atom is -0.368 e. The van der Waals surface area contributed by atoms with E-state index in [1.165, 1.54) is 0 Å². The van der Waals surface area contributed by atoms with E-state index >= 15 is 0 Å². The summed E-state index contributed by atoms with van der Waals surface area (Å²) in [7, 11) is 1.60. The second kappa shape index (κ2) is 8.40. The highest BCUT2D eigenvalue weighted by molar-refractivity contribution is 6.36. The molecule has 0 saturated carbocycles. The Labute approximate surface area is 163 Å². The first-order valence-electron chi connectivity index (χ1n) is 8.63. The van der Waals surface area contributed by atoms with E-state index in [0.717, 1.165) is 29.8 Å². The smallest absolute Gasteiger partial charge is 0.252 e. The molecule has 2 aromatic rings. The molecule has 4 nitrogen and oxygen atoms in total. The van der Waals surface area contributed by atoms with Crippen LogP contribution in [0, 0.1) is 0 Å². The van der Waals surface area contributed by atoms with Gasteiger partial charge in [0, 0.05) is 29.3 Å². The number of piperidine rings is 1. The molecule has 1 saturated heterocycles. The molecular weight excluding hydrogens is 371 g/mol. The second-order valence-electron chi connectivity index (χ2n) is 6.41. The third-order valence-corrected chi connectivity index (χ3v) is 5.44. The fourth-order valence-electron chi connectivity index (χ4n) is 3.34. The van der Waals surface area contributed by atoms with Crippen LogP contribution >= 0.6 is 23.2 Å². The van der Waals surface area contributed by atoms with Gasteiger partial charge in [0.1, 0.15) is 5.60 Å². The first kappa shape index (κ1) is 19.2. The molecule has 2 N–H and O–H groups in total. The molecule has 0 radical (unpaired) electrons. The van der Waals surface area contributed by atoms with E-state index in [0.29, 0.717) is 29.4 Å². The standard InChI is InChI=1S/C20H22Cl2N2O2/c1-26-20(8-10-23-11-9-20)19(25)24-13-14-4-2-3-5-16(14)17-7-6-15(21)12-18(17)22/h2-7,12,23H,8-11,13H2,1H3,(H,24,25). The average Bonchev–Trinajstić information content (AvgIpc) is 2.67. The van der Waals surface area contributed by atoms with Crippen molar-refractivity contribution in [1.29, 1.82) is 0 Å². The number of hydrogen-bond acceptors (Lipinski definition) is 3. The van der Waals surface area contributed by atoms with E-state index in [2.05, 4.69) is 10.6 Å². The van der Waals surface area contributed by atoms with E-state index in [4.69, 9.17) is 27.9 Å². The lowest BCUT2D eigenvalue weighted by atomic mass is 9.91. The molecule has 138 valence electrons. The molecule has 6 heteroatoms. The number of carbonyl (C=O) groups is 1. The van der Waals surface area contributed by atoms with Crippen LogP contribution in [0.1, 0.15) is 18.4 Å². The van der Waals surface area contributed by atoms with E-state index in [1.807, 2.05) is 36.4 Å². The quantitative estimate of drug-likeness (QED) is 0.806. The fourth-order valence-corrected chi connectivity index (χ4v) is 3.85. The molecule has 0 aliphatic carbocycles. The van der Waals surface area contributed by atoms with Crippen molar-refractivity contribution in [3.05, 3.63) is 58.1 Å². The largest absolute Gasteiger partial charge is 0.368 e. The number of halogens is 2. The molecule has 0 bridgehead atoms. The zero-order valence-electron chi connectivity index (χ0n) is 14.6. The number of methoxy groups -OCH3 is 1. The molecule has 26 heavy (non-hydrogen) atoms. The summed E-state index contributed by atoms with van der Waals surface area (Å²) in [5.41, 5.74) is 2.11. The predicted octanol–water partition coefficient (Wildman–Crippen LogP) is 4.05. The summed E-state index contributed by atoms with van der Waals surface area (Å²) in [4.78, 5) is 12.8. The topological polar surface area (TPSA) is 50.4 Å². The molecule has 0 spiro atoms. The van der Waals surface area contributed by atoms with Crippen LogP contribution in [-0.2, 0) is 16.1 Å². The summed E-state index contributed by atoms with van der Waals surface area (Å²) < 4.78 is 5.59. The maximum absolute atomic E-state index is 12.8. The molecule has 1 fully saturated rings. The highest BCUT2D eigenvalue weighted by Gasteiger charge is 2.39. The van der Waals surface area contributed by atoms with E-state index in [-0.39, 0.29) is 5.91 Å². The van der Waals surface area contributed by atoms with Crippen molar-refractivity contribution in [1.82, 2.24) is 10.6 Å². The monoisotopic (exact) mass is 392 g/mol. The summed E-state index contributed by atoms with van der Waals surface area (Å²) in [5, 5.41) is 7.48. The van der Waals surface area contributed by atoms with Gasteiger partial charge in [-0.25, -0.2) is 0 Å². The molecule has 1 heterocycles. The number of nitrogens with one attached hydrogen (secondary N) is 2. The highest BCUT2D eigenvalue weighted by atomic mass is 35.5. The Morgan fingerprint density at radius 1 is 1.15 bits per heavy atom. The maximum atomic E-state index is 12.8. The summed E-state index contributed by atoms with van der Waals surface area (Å²) >= 11 is 12.4. The minimum atomic E-state index is -0.752. The van der Waals surface area contributed by atoms with E-state index in [1.54, 1.807) is 13.2 Å². The van der Waals surface area contributed by atoms with Gasteiger partial charge in [0.15, 0.2) is 0 Å². The van der Waals surface area contributed by atoms with Crippen LogP contribution in [0.2, 0.25) is 10.0 Å². The molecule has 0 unspecified atom stereocenters. The number of benzene rings is 2. The van der Waals surface area contributed by atoms with Crippen molar-refractivity contribution in [2.75, 3.05) is 20.2 Å². The third kappa shape index (κ3) is 4.04. The molecular formula is C20H22Cl2N2O2. The molecule has 3 rings (SSSR count). The van der Waals surface area contributed by atoms with Gasteiger partial charge in [0.2, 0.25) is 0 Å². The van der Waals surface area contributed by atoms with Gasteiger partial charge in [-0.1, -0.05) is 53.5 Å². The lowest BCUT2D eigenvalue weighted by Gasteiger charge is -2.34. The van der Waals surface area contributed by atoms with Crippen molar-refractivity contribution < 1.29 is 9.53 Å². The van der Waals surface area contributed by atoms with Gasteiger partial charge >= 0.3 is 0 Å². The molecule has 0 atom stereocenters. The van der Waals surface area contributed by atoms with Crippen LogP contribution < -0.4 is 10.6 Å². The average molecular weight is 393 g/mol. The zero-order chi connectivity index (χ0) is 18.6. The number of ether oxygens (including phenoxy) is 1. The van der Waals surface area contributed by atoms with Gasteiger partial charge in [-0.05, 0) is 49.2 Å². The lowest BCUT2D eigenvalue weighted by molar-refractivity contribution is -0.146. The minimum absolute atomic E-state index is 0.0708. The van der Waals surface area contributed by atoms with Crippen LogP contribution in [0.15, 0.2) is 42.5 Å². The first-order chi connectivity index (χ1) is 12.6. The summed E-state index contributed by atoms with van der Waals surface area (Å²) in [6.07, 6.45) is 1.33. The Morgan fingerprint density at radius 2 is 1.88 bits per heavy atom. The molecule has 1 aliphatic rings.